The van der Waals surface area contributed by atoms with E-state index in [-0.39, 0.29) is 5.92 Å². The van der Waals surface area contributed by atoms with Gasteiger partial charge in [-0.05, 0) is 24.1 Å². The molecule has 0 aliphatic heterocycles. The molecule has 0 spiro atoms. The van der Waals surface area contributed by atoms with Crippen molar-refractivity contribution in [1.82, 2.24) is 0 Å². The lowest BCUT2D eigenvalue weighted by Gasteiger charge is -2.14. The molecule has 2 rings (SSSR count). The van der Waals surface area contributed by atoms with Gasteiger partial charge in [0.05, 0.1) is 17.2 Å². The predicted molar refractivity (Wildman–Crippen MR) is 64.3 cm³/mol. The lowest BCUT2D eigenvalue weighted by Crippen LogP contribution is -2.25. The Morgan fingerprint density at radius 2 is 2.18 bits per heavy atom. The van der Waals surface area contributed by atoms with Crippen LogP contribution in [0.25, 0.3) is 0 Å². The maximum Gasteiger partial charge on any atom is 0.317 e. The van der Waals surface area contributed by atoms with Gasteiger partial charge >= 0.3 is 5.97 Å². The van der Waals surface area contributed by atoms with E-state index in [1.54, 1.807) is 18.2 Å². The maximum atomic E-state index is 11.8. The molecule has 0 N–H and O–H groups in total. The fourth-order valence-electron chi connectivity index (χ4n) is 2.09. The smallest absolute Gasteiger partial charge is 0.317 e. The molecule has 0 amide bonds. The highest BCUT2D eigenvalue weighted by molar-refractivity contribution is 6.42. The molecular formula is C12H10Cl2O3. The van der Waals surface area contributed by atoms with Gasteiger partial charge in [-0.15, -0.1) is 0 Å². The van der Waals surface area contributed by atoms with Crippen LogP contribution in [0.4, 0.5) is 0 Å². The average molecular weight is 273 g/mol. The Hall–Kier alpha value is -1.06. The van der Waals surface area contributed by atoms with Crippen LogP contribution in [0, 0.1) is 5.92 Å². The number of hydrogen-bond donors (Lipinski definition) is 0. The number of esters is 1. The Bertz CT molecular complexity index is 487. The minimum Gasteiger partial charge on any atom is -0.468 e. The third-order valence-electron chi connectivity index (χ3n) is 3.16. The highest BCUT2D eigenvalue weighted by Gasteiger charge is 2.62. The second-order valence-corrected chi connectivity index (χ2v) is 4.85. The maximum absolute atomic E-state index is 11.8. The summed E-state index contributed by atoms with van der Waals surface area (Å²) in [6.07, 6.45) is 1.24. The van der Waals surface area contributed by atoms with Crippen molar-refractivity contribution < 1.29 is 14.3 Å². The summed E-state index contributed by atoms with van der Waals surface area (Å²) >= 11 is 11.7. The number of carbonyl (C=O) groups is 2. The van der Waals surface area contributed by atoms with E-state index in [0.29, 0.717) is 22.0 Å². The number of methoxy groups -OCH3 is 1. The Kier molecular flexibility index (Phi) is 3.15. The van der Waals surface area contributed by atoms with Gasteiger partial charge in [0.25, 0.3) is 0 Å². The van der Waals surface area contributed by atoms with Crippen LogP contribution >= 0.6 is 23.2 Å². The van der Waals surface area contributed by atoms with Gasteiger partial charge in [-0.1, -0.05) is 29.3 Å². The van der Waals surface area contributed by atoms with Gasteiger partial charge in [0.15, 0.2) is 0 Å². The van der Waals surface area contributed by atoms with E-state index in [4.69, 9.17) is 27.9 Å². The molecule has 0 heterocycles. The van der Waals surface area contributed by atoms with Crippen LogP contribution in [0.2, 0.25) is 10.0 Å². The van der Waals surface area contributed by atoms with Crippen molar-refractivity contribution in [3.05, 3.63) is 33.8 Å². The van der Waals surface area contributed by atoms with E-state index in [2.05, 4.69) is 0 Å². The topological polar surface area (TPSA) is 43.4 Å². The number of carbonyl (C=O) groups excluding carboxylic acids is 2. The minimum atomic E-state index is -0.870. The van der Waals surface area contributed by atoms with Crippen LogP contribution in [0.15, 0.2) is 18.2 Å². The molecule has 17 heavy (non-hydrogen) atoms. The summed E-state index contributed by atoms with van der Waals surface area (Å²) in [7, 11) is 1.31. The van der Waals surface area contributed by atoms with Crippen molar-refractivity contribution in [2.24, 2.45) is 5.92 Å². The van der Waals surface area contributed by atoms with Crippen molar-refractivity contribution in [2.45, 2.75) is 11.8 Å². The first kappa shape index (κ1) is 12.4. The van der Waals surface area contributed by atoms with E-state index in [9.17, 15) is 9.59 Å². The van der Waals surface area contributed by atoms with Crippen LogP contribution in [-0.2, 0) is 19.7 Å². The summed E-state index contributed by atoms with van der Waals surface area (Å²) in [6, 6.07) is 4.93. The quantitative estimate of drug-likeness (QED) is 0.628. The van der Waals surface area contributed by atoms with Crippen molar-refractivity contribution >= 4 is 35.5 Å². The summed E-state index contributed by atoms with van der Waals surface area (Å²) < 4.78 is 4.76. The molecule has 0 saturated heterocycles. The monoisotopic (exact) mass is 272 g/mol. The first-order chi connectivity index (χ1) is 8.06. The summed E-state index contributed by atoms with van der Waals surface area (Å²) in [6.45, 7) is 0. The van der Waals surface area contributed by atoms with Crippen molar-refractivity contribution in [3.63, 3.8) is 0 Å². The standard InChI is InChI=1S/C12H10Cl2O3/c1-17-11(16)12(5-8(12)6-15)7-2-3-9(13)10(14)4-7/h2-4,6,8H,5H2,1H3/t8-,12-/m0/s1. The molecule has 5 heteroatoms. The molecule has 0 aromatic heterocycles. The van der Waals surface area contributed by atoms with Crippen LogP contribution in [0.5, 0.6) is 0 Å². The van der Waals surface area contributed by atoms with Gasteiger partial charge in [-0.25, -0.2) is 0 Å². The van der Waals surface area contributed by atoms with E-state index in [1.807, 2.05) is 0 Å². The third-order valence-corrected chi connectivity index (χ3v) is 3.90. The minimum absolute atomic E-state index is 0.341. The Balaban J connectivity index is 2.45. The van der Waals surface area contributed by atoms with Crippen molar-refractivity contribution in [3.8, 4) is 0 Å². The molecule has 3 nitrogen and oxygen atoms in total. The van der Waals surface area contributed by atoms with Gasteiger partial charge in [-0.3, -0.25) is 4.79 Å². The summed E-state index contributed by atoms with van der Waals surface area (Å²) in [5.41, 5.74) is -0.194. The van der Waals surface area contributed by atoms with Crippen LogP contribution < -0.4 is 0 Å². The van der Waals surface area contributed by atoms with E-state index >= 15 is 0 Å². The highest BCUT2D eigenvalue weighted by atomic mass is 35.5. The summed E-state index contributed by atoms with van der Waals surface area (Å²) in [4.78, 5) is 22.7. The zero-order valence-corrected chi connectivity index (χ0v) is 10.6. The van der Waals surface area contributed by atoms with Gasteiger partial charge in [0.2, 0.25) is 0 Å². The van der Waals surface area contributed by atoms with Crippen molar-refractivity contribution in [1.29, 1.82) is 0 Å². The van der Waals surface area contributed by atoms with Gasteiger partial charge in [-0.2, -0.15) is 0 Å². The third kappa shape index (κ3) is 1.83. The summed E-state index contributed by atoms with van der Waals surface area (Å²) in [5, 5.41) is 0.780. The van der Waals surface area contributed by atoms with E-state index < -0.39 is 11.4 Å². The fourth-order valence-corrected chi connectivity index (χ4v) is 2.39. The van der Waals surface area contributed by atoms with Gasteiger partial charge in [0, 0.05) is 5.92 Å². The first-order valence-electron chi connectivity index (χ1n) is 5.05. The number of rotatable bonds is 3. The van der Waals surface area contributed by atoms with E-state index in [1.165, 1.54) is 7.11 Å². The predicted octanol–water partition coefficient (Wildman–Crippen LogP) is 2.62. The van der Waals surface area contributed by atoms with Crippen molar-refractivity contribution in [2.75, 3.05) is 7.11 Å². The zero-order chi connectivity index (χ0) is 12.6. The second-order valence-electron chi connectivity index (χ2n) is 4.04. The number of halogens is 2. The molecule has 1 aliphatic carbocycles. The molecule has 1 saturated carbocycles. The Labute approximate surface area is 109 Å². The Morgan fingerprint density at radius 3 is 2.65 bits per heavy atom. The molecule has 1 aromatic rings. The molecule has 0 unspecified atom stereocenters. The molecule has 1 aliphatic rings. The molecule has 90 valence electrons. The fraction of sp³-hybridized carbons (Fsp3) is 0.333. The number of ether oxygens (including phenoxy) is 1. The lowest BCUT2D eigenvalue weighted by atomic mass is 9.93. The average Bonchev–Trinajstić information content (AvgIpc) is 3.07. The highest BCUT2D eigenvalue weighted by Crippen LogP contribution is 2.54. The van der Waals surface area contributed by atoms with Gasteiger partial charge in [0.1, 0.15) is 11.7 Å². The molecule has 0 radical (unpaired) electrons. The summed E-state index contributed by atoms with van der Waals surface area (Å²) in [5.74, 6) is -0.750. The molecule has 0 bridgehead atoms. The largest absolute Gasteiger partial charge is 0.468 e. The lowest BCUT2D eigenvalue weighted by molar-refractivity contribution is -0.144. The normalized spacial score (nSPS) is 26.4. The Morgan fingerprint density at radius 1 is 1.47 bits per heavy atom. The number of hydrogen-bond acceptors (Lipinski definition) is 3. The molecule has 1 aromatic carbocycles. The number of benzene rings is 1. The zero-order valence-electron chi connectivity index (χ0n) is 9.07. The van der Waals surface area contributed by atoms with E-state index in [0.717, 1.165) is 6.29 Å². The SMILES string of the molecule is COC(=O)[C@]1(c2ccc(Cl)c(Cl)c2)C[C@H]1C=O. The number of aldehydes is 1. The van der Waals surface area contributed by atoms with Gasteiger partial charge < -0.3 is 9.53 Å². The first-order valence-corrected chi connectivity index (χ1v) is 5.81. The van der Waals surface area contributed by atoms with Crippen LogP contribution in [0.3, 0.4) is 0 Å². The molecule has 1 fully saturated rings. The molecule has 2 atom stereocenters. The van der Waals surface area contributed by atoms with Crippen LogP contribution in [-0.4, -0.2) is 19.4 Å². The second kappa shape index (κ2) is 4.31. The van der Waals surface area contributed by atoms with Crippen LogP contribution in [0.1, 0.15) is 12.0 Å². The molecular weight excluding hydrogens is 263 g/mol.